The number of ether oxygens (including phenoxy) is 2. The normalized spacial score (nSPS) is 14.7. The summed E-state index contributed by atoms with van der Waals surface area (Å²) in [5.74, 6) is -6.53. The van der Waals surface area contributed by atoms with Crippen LogP contribution >= 0.6 is 0 Å². The number of carbonyl (C=O) groups excluding carboxylic acids is 2. The minimum atomic E-state index is -3.84. The Morgan fingerprint density at radius 1 is 1.00 bits per heavy atom. The highest BCUT2D eigenvalue weighted by atomic mass is 19.3. The molecule has 0 saturated carbocycles. The Kier molecular flexibility index (Phi) is 5.66. The molecule has 20 heavy (non-hydrogen) atoms. The van der Waals surface area contributed by atoms with Crippen molar-refractivity contribution >= 4 is 11.9 Å². The zero-order chi connectivity index (χ0) is 16.4. The van der Waals surface area contributed by atoms with Gasteiger partial charge in [0.2, 0.25) is 0 Å². The molecule has 5 nitrogen and oxygen atoms in total. The predicted molar refractivity (Wildman–Crippen MR) is 69.2 cm³/mol. The first-order valence-corrected chi connectivity index (χ1v) is 6.24. The molecule has 0 aliphatic rings. The quantitative estimate of drug-likeness (QED) is 0.803. The van der Waals surface area contributed by atoms with Gasteiger partial charge in [0, 0.05) is 6.42 Å². The van der Waals surface area contributed by atoms with Crippen LogP contribution in [0.4, 0.5) is 8.78 Å². The van der Waals surface area contributed by atoms with Gasteiger partial charge in [0.25, 0.3) is 0 Å². The van der Waals surface area contributed by atoms with Crippen molar-refractivity contribution < 1.29 is 27.8 Å². The Hall–Kier alpha value is -1.24. The van der Waals surface area contributed by atoms with Crippen molar-refractivity contribution in [2.45, 2.75) is 71.1 Å². The second-order valence-electron chi connectivity index (χ2n) is 6.55. The monoisotopic (exact) mass is 295 g/mol. The number of nitrogens with two attached hydrogens (primary N) is 1. The molecule has 0 heterocycles. The summed E-state index contributed by atoms with van der Waals surface area (Å²) >= 11 is 0. The van der Waals surface area contributed by atoms with Crippen LogP contribution in [0.1, 0.15) is 48.0 Å². The molecule has 0 aromatic carbocycles. The van der Waals surface area contributed by atoms with Crippen LogP contribution in [0.3, 0.4) is 0 Å². The molecule has 118 valence electrons. The molecular weight excluding hydrogens is 272 g/mol. The van der Waals surface area contributed by atoms with E-state index in [1.165, 1.54) is 20.8 Å². The van der Waals surface area contributed by atoms with E-state index in [0.717, 1.165) is 0 Å². The average Bonchev–Trinajstić information content (AvgIpc) is 2.10. The summed E-state index contributed by atoms with van der Waals surface area (Å²) in [6, 6.07) is -1.60. The highest BCUT2D eigenvalue weighted by Gasteiger charge is 2.45. The topological polar surface area (TPSA) is 78.6 Å². The molecular formula is C13H23F2NO4. The second-order valence-corrected chi connectivity index (χ2v) is 6.55. The van der Waals surface area contributed by atoms with Crippen LogP contribution in [0, 0.1) is 0 Å². The Labute approximate surface area is 117 Å². The number of halogens is 2. The van der Waals surface area contributed by atoms with Crippen molar-refractivity contribution in [3.63, 3.8) is 0 Å². The fourth-order valence-electron chi connectivity index (χ4n) is 1.17. The summed E-state index contributed by atoms with van der Waals surface area (Å²) in [7, 11) is 0. The van der Waals surface area contributed by atoms with Crippen molar-refractivity contribution in [3.05, 3.63) is 0 Å². The van der Waals surface area contributed by atoms with Crippen LogP contribution in [0.2, 0.25) is 0 Å². The predicted octanol–water partition coefficient (Wildman–Crippen LogP) is 2.02. The fraction of sp³-hybridized carbons (Fsp3) is 0.846. The Morgan fingerprint density at radius 3 is 1.75 bits per heavy atom. The SMILES string of the molecule is CC(C)(C)OC(=O)[C@@H](N)CC(F)(F)C(=O)OC(C)(C)C. The first-order chi connectivity index (χ1) is 8.64. The van der Waals surface area contributed by atoms with Gasteiger partial charge < -0.3 is 15.2 Å². The van der Waals surface area contributed by atoms with Crippen molar-refractivity contribution in [3.8, 4) is 0 Å². The lowest BCUT2D eigenvalue weighted by molar-refractivity contribution is -0.186. The maximum absolute atomic E-state index is 13.6. The third kappa shape index (κ3) is 7.37. The summed E-state index contributed by atoms with van der Waals surface area (Å²) in [4.78, 5) is 22.9. The van der Waals surface area contributed by atoms with Crippen LogP contribution in [0.25, 0.3) is 0 Å². The van der Waals surface area contributed by atoms with E-state index < -0.39 is 41.5 Å². The molecule has 7 heteroatoms. The van der Waals surface area contributed by atoms with E-state index in [2.05, 4.69) is 4.74 Å². The average molecular weight is 295 g/mol. The van der Waals surface area contributed by atoms with E-state index in [0.29, 0.717) is 0 Å². The zero-order valence-electron chi connectivity index (χ0n) is 12.8. The van der Waals surface area contributed by atoms with Crippen LogP contribution < -0.4 is 5.73 Å². The Bertz CT molecular complexity index is 370. The Balaban J connectivity index is 4.67. The maximum atomic E-state index is 13.6. The molecule has 0 amide bonds. The molecule has 0 saturated heterocycles. The summed E-state index contributed by atoms with van der Waals surface area (Å²) in [5.41, 5.74) is 3.47. The lowest BCUT2D eigenvalue weighted by atomic mass is 10.1. The van der Waals surface area contributed by atoms with Crippen molar-refractivity contribution in [1.29, 1.82) is 0 Å². The molecule has 0 aromatic rings. The molecule has 0 aliphatic carbocycles. The maximum Gasteiger partial charge on any atom is 0.377 e. The molecule has 0 unspecified atom stereocenters. The van der Waals surface area contributed by atoms with Gasteiger partial charge in [-0.25, -0.2) is 4.79 Å². The van der Waals surface area contributed by atoms with Gasteiger partial charge >= 0.3 is 17.9 Å². The number of hydrogen-bond donors (Lipinski definition) is 1. The molecule has 0 aromatic heterocycles. The molecule has 1 atom stereocenters. The van der Waals surface area contributed by atoms with E-state index in [1.54, 1.807) is 20.8 Å². The summed E-state index contributed by atoms with van der Waals surface area (Å²) in [6.45, 7) is 9.16. The summed E-state index contributed by atoms with van der Waals surface area (Å²) < 4.78 is 36.7. The minimum Gasteiger partial charge on any atom is -0.459 e. The van der Waals surface area contributed by atoms with Gasteiger partial charge in [0.05, 0.1) is 0 Å². The second kappa shape index (κ2) is 6.03. The van der Waals surface area contributed by atoms with E-state index in [4.69, 9.17) is 10.5 Å². The largest absolute Gasteiger partial charge is 0.459 e. The van der Waals surface area contributed by atoms with E-state index in [-0.39, 0.29) is 0 Å². The van der Waals surface area contributed by atoms with E-state index >= 15 is 0 Å². The first-order valence-electron chi connectivity index (χ1n) is 6.24. The lowest BCUT2D eigenvalue weighted by Crippen LogP contribution is -2.45. The highest BCUT2D eigenvalue weighted by molar-refractivity contribution is 5.81. The van der Waals surface area contributed by atoms with Gasteiger partial charge in [-0.15, -0.1) is 0 Å². The van der Waals surface area contributed by atoms with Crippen LogP contribution in [-0.2, 0) is 19.1 Å². The van der Waals surface area contributed by atoms with Gasteiger partial charge in [0.1, 0.15) is 17.2 Å². The van der Waals surface area contributed by atoms with Gasteiger partial charge in [0.15, 0.2) is 0 Å². The molecule has 2 N–H and O–H groups in total. The number of carbonyl (C=O) groups is 2. The van der Waals surface area contributed by atoms with E-state index in [9.17, 15) is 18.4 Å². The number of rotatable bonds is 4. The van der Waals surface area contributed by atoms with Gasteiger partial charge in [-0.1, -0.05) is 0 Å². The number of hydrogen-bond acceptors (Lipinski definition) is 5. The van der Waals surface area contributed by atoms with Crippen molar-refractivity contribution in [2.75, 3.05) is 0 Å². The van der Waals surface area contributed by atoms with Crippen LogP contribution in [-0.4, -0.2) is 35.1 Å². The molecule has 0 aliphatic heterocycles. The first kappa shape index (κ1) is 18.8. The number of esters is 2. The summed E-state index contributed by atoms with van der Waals surface area (Å²) in [5, 5.41) is 0. The Morgan fingerprint density at radius 2 is 1.40 bits per heavy atom. The van der Waals surface area contributed by atoms with Gasteiger partial charge in [-0.2, -0.15) is 8.78 Å². The molecule has 0 radical (unpaired) electrons. The molecule has 0 bridgehead atoms. The van der Waals surface area contributed by atoms with Gasteiger partial charge in [-0.3, -0.25) is 4.79 Å². The van der Waals surface area contributed by atoms with Crippen molar-refractivity contribution in [2.24, 2.45) is 5.73 Å². The standard InChI is InChI=1S/C13H23F2NO4/c1-11(2,3)19-9(17)8(16)7-13(14,15)10(18)20-12(4,5)6/h8H,7,16H2,1-6H3/t8-/m0/s1. The minimum absolute atomic E-state index is 0.837. The van der Waals surface area contributed by atoms with Crippen LogP contribution in [0.5, 0.6) is 0 Å². The summed E-state index contributed by atoms with van der Waals surface area (Å²) in [6.07, 6.45) is -1.16. The third-order valence-electron chi connectivity index (χ3n) is 1.88. The van der Waals surface area contributed by atoms with Crippen LogP contribution in [0.15, 0.2) is 0 Å². The van der Waals surface area contributed by atoms with Crippen molar-refractivity contribution in [1.82, 2.24) is 0 Å². The number of alkyl halides is 2. The zero-order valence-corrected chi connectivity index (χ0v) is 12.8. The molecule has 0 spiro atoms. The van der Waals surface area contributed by atoms with E-state index in [1.807, 2.05) is 0 Å². The third-order valence-corrected chi connectivity index (χ3v) is 1.88. The highest BCUT2D eigenvalue weighted by Crippen LogP contribution is 2.25. The smallest absolute Gasteiger partial charge is 0.377 e. The fourth-order valence-corrected chi connectivity index (χ4v) is 1.17. The lowest BCUT2D eigenvalue weighted by Gasteiger charge is -2.26. The van der Waals surface area contributed by atoms with Gasteiger partial charge in [-0.05, 0) is 41.5 Å². The molecule has 0 rings (SSSR count). The molecule has 0 fully saturated rings.